The first-order valence-corrected chi connectivity index (χ1v) is 11.7. The molecule has 7 unspecified atom stereocenters. The molecule has 0 spiro atoms. The van der Waals surface area contributed by atoms with Gasteiger partial charge < -0.3 is 10.4 Å². The maximum absolute atomic E-state index is 14.0. The van der Waals surface area contributed by atoms with Gasteiger partial charge in [-0.25, -0.2) is 20.3 Å². The first-order chi connectivity index (χ1) is 15.7. The van der Waals surface area contributed by atoms with Crippen LogP contribution in [-0.2, 0) is 4.79 Å². The van der Waals surface area contributed by atoms with Crippen molar-refractivity contribution >= 4 is 11.9 Å². The van der Waals surface area contributed by atoms with Crippen LogP contribution < -0.4 is 26.9 Å². The SMILES string of the molecule is CN1CC(C(=O)NC(=NCC(C)(C)C)NC2CC(C3CCC(O)C(F)C3)NN2)C(C(F)(F)F)N1. The molecule has 1 amide bonds. The van der Waals surface area contributed by atoms with Crippen LogP contribution in [-0.4, -0.2) is 78.8 Å². The molecule has 3 rings (SSSR count). The summed E-state index contributed by atoms with van der Waals surface area (Å²) in [5.41, 5.74) is 8.29. The molecule has 0 aromatic carbocycles. The van der Waals surface area contributed by atoms with E-state index in [0.717, 1.165) is 0 Å². The van der Waals surface area contributed by atoms with E-state index in [1.165, 1.54) is 12.1 Å². The molecule has 9 nitrogen and oxygen atoms in total. The zero-order valence-electron chi connectivity index (χ0n) is 20.0. The second kappa shape index (κ2) is 10.6. The summed E-state index contributed by atoms with van der Waals surface area (Å²) in [7, 11) is 1.46. The number of carbonyl (C=O) groups excluding carboxylic acids is 1. The number of halogens is 4. The normalized spacial score (nSPS) is 36.0. The molecule has 2 aliphatic heterocycles. The highest BCUT2D eigenvalue weighted by Crippen LogP contribution is 2.32. The van der Waals surface area contributed by atoms with Crippen molar-refractivity contribution in [3.63, 3.8) is 0 Å². The Morgan fingerprint density at radius 1 is 1.18 bits per heavy atom. The third kappa shape index (κ3) is 7.23. The molecule has 3 aliphatic rings. The number of aliphatic imine (C=N–C) groups is 1. The summed E-state index contributed by atoms with van der Waals surface area (Å²) in [5, 5.41) is 16.5. The lowest BCUT2D eigenvalue weighted by atomic mass is 9.81. The number of hydrogen-bond donors (Lipinski definition) is 6. The van der Waals surface area contributed by atoms with E-state index in [4.69, 9.17) is 0 Å². The molecule has 3 fully saturated rings. The van der Waals surface area contributed by atoms with Crippen LogP contribution in [0.5, 0.6) is 0 Å². The van der Waals surface area contributed by atoms with Crippen LogP contribution in [0.4, 0.5) is 17.6 Å². The smallest absolute Gasteiger partial charge is 0.390 e. The lowest BCUT2D eigenvalue weighted by Crippen LogP contribution is -2.54. The van der Waals surface area contributed by atoms with Crippen molar-refractivity contribution in [3.05, 3.63) is 0 Å². The standard InChI is InChI=1S/C21H37F4N7O2/c1-20(2,3)10-26-19(28-18(34)12-9-32(4)31-17(12)21(23,24)25)27-16-8-14(29-30-16)11-5-6-15(33)13(22)7-11/h11-17,29-31,33H,5-10H2,1-4H3,(H2,26,27,28,34). The summed E-state index contributed by atoms with van der Waals surface area (Å²) in [6.07, 6.45) is -5.21. The number of aliphatic hydroxyl groups is 1. The van der Waals surface area contributed by atoms with E-state index in [2.05, 4.69) is 31.9 Å². The number of nitrogens with one attached hydrogen (secondary N) is 5. The Balaban J connectivity index is 1.64. The number of hydrazine groups is 2. The molecule has 1 saturated carbocycles. The Hall–Kier alpha value is -1.54. The van der Waals surface area contributed by atoms with Gasteiger partial charge in [0.25, 0.3) is 0 Å². The van der Waals surface area contributed by atoms with Crippen molar-refractivity contribution in [1.29, 1.82) is 0 Å². The molecule has 6 N–H and O–H groups in total. The Bertz CT molecular complexity index is 746. The van der Waals surface area contributed by atoms with Gasteiger partial charge in [-0.15, -0.1) is 0 Å². The van der Waals surface area contributed by atoms with Crippen molar-refractivity contribution in [2.75, 3.05) is 20.1 Å². The van der Waals surface area contributed by atoms with E-state index >= 15 is 0 Å². The van der Waals surface area contributed by atoms with Gasteiger partial charge >= 0.3 is 6.18 Å². The lowest BCUT2D eigenvalue weighted by molar-refractivity contribution is -0.168. The minimum atomic E-state index is -4.57. The topological polar surface area (TPSA) is 113 Å². The van der Waals surface area contributed by atoms with Gasteiger partial charge in [-0.3, -0.25) is 20.5 Å². The summed E-state index contributed by atoms with van der Waals surface area (Å²) in [5.74, 6) is -1.97. The van der Waals surface area contributed by atoms with E-state index in [1.807, 2.05) is 20.8 Å². The van der Waals surface area contributed by atoms with Gasteiger partial charge in [-0.2, -0.15) is 13.2 Å². The molecule has 1 aliphatic carbocycles. The van der Waals surface area contributed by atoms with E-state index in [-0.39, 0.29) is 42.5 Å². The molecule has 0 radical (unpaired) electrons. The van der Waals surface area contributed by atoms with E-state index in [1.54, 1.807) is 0 Å². The van der Waals surface area contributed by atoms with E-state index < -0.39 is 36.3 Å². The number of rotatable bonds is 4. The van der Waals surface area contributed by atoms with Gasteiger partial charge in [0.15, 0.2) is 5.96 Å². The number of guanidine groups is 1. The monoisotopic (exact) mass is 495 g/mol. The average molecular weight is 496 g/mol. The van der Waals surface area contributed by atoms with Crippen LogP contribution in [0.15, 0.2) is 4.99 Å². The first kappa shape index (κ1) is 27.1. The van der Waals surface area contributed by atoms with Crippen molar-refractivity contribution in [3.8, 4) is 0 Å². The number of aliphatic hydroxyl groups excluding tert-OH is 1. The van der Waals surface area contributed by atoms with Crippen molar-refractivity contribution < 1.29 is 27.5 Å². The predicted molar refractivity (Wildman–Crippen MR) is 119 cm³/mol. The maximum Gasteiger partial charge on any atom is 0.405 e. The largest absolute Gasteiger partial charge is 0.405 e. The molecule has 13 heteroatoms. The fourth-order valence-corrected chi connectivity index (χ4v) is 4.61. The molecular weight excluding hydrogens is 458 g/mol. The third-order valence-electron chi connectivity index (χ3n) is 6.47. The minimum absolute atomic E-state index is 0.0369. The van der Waals surface area contributed by atoms with Crippen LogP contribution in [0.3, 0.4) is 0 Å². The van der Waals surface area contributed by atoms with Gasteiger partial charge in [0.1, 0.15) is 12.2 Å². The highest BCUT2D eigenvalue weighted by Gasteiger charge is 2.52. The lowest BCUT2D eigenvalue weighted by Gasteiger charge is -2.32. The predicted octanol–water partition coefficient (Wildman–Crippen LogP) is 0.783. The first-order valence-electron chi connectivity index (χ1n) is 11.7. The fourth-order valence-electron chi connectivity index (χ4n) is 4.61. The fraction of sp³-hybridized carbons (Fsp3) is 0.905. The second-order valence-corrected chi connectivity index (χ2v) is 10.8. The molecule has 0 bridgehead atoms. The summed E-state index contributed by atoms with van der Waals surface area (Å²) in [6.45, 7) is 6.13. The highest BCUT2D eigenvalue weighted by atomic mass is 19.4. The van der Waals surface area contributed by atoms with Crippen molar-refractivity contribution in [2.24, 2.45) is 22.2 Å². The molecule has 0 aromatic rings. The Morgan fingerprint density at radius 3 is 2.50 bits per heavy atom. The van der Waals surface area contributed by atoms with Crippen LogP contribution in [0.25, 0.3) is 0 Å². The average Bonchev–Trinajstić information content (AvgIpc) is 3.34. The van der Waals surface area contributed by atoms with Crippen molar-refractivity contribution in [1.82, 2.24) is 31.9 Å². The number of amides is 1. The quantitative estimate of drug-likeness (QED) is 0.194. The summed E-state index contributed by atoms with van der Waals surface area (Å²) in [4.78, 5) is 17.3. The molecule has 196 valence electrons. The summed E-state index contributed by atoms with van der Waals surface area (Å²) >= 11 is 0. The molecule has 0 aromatic heterocycles. The Labute approximate surface area is 197 Å². The molecule has 2 saturated heterocycles. The Kier molecular flexibility index (Phi) is 8.44. The maximum atomic E-state index is 14.0. The van der Waals surface area contributed by atoms with Crippen LogP contribution in [0.2, 0.25) is 0 Å². The van der Waals surface area contributed by atoms with Crippen LogP contribution >= 0.6 is 0 Å². The summed E-state index contributed by atoms with van der Waals surface area (Å²) in [6, 6.07) is -2.03. The number of alkyl halides is 4. The zero-order valence-corrected chi connectivity index (χ0v) is 20.0. The molecule has 2 heterocycles. The van der Waals surface area contributed by atoms with Gasteiger partial charge in [0.05, 0.1) is 18.2 Å². The van der Waals surface area contributed by atoms with Crippen LogP contribution in [0, 0.1) is 17.3 Å². The second-order valence-electron chi connectivity index (χ2n) is 10.8. The van der Waals surface area contributed by atoms with E-state index in [9.17, 15) is 27.5 Å². The van der Waals surface area contributed by atoms with Gasteiger partial charge in [-0.1, -0.05) is 20.8 Å². The highest BCUT2D eigenvalue weighted by molar-refractivity contribution is 5.98. The third-order valence-corrected chi connectivity index (χ3v) is 6.47. The number of carbonyl (C=O) groups is 1. The van der Waals surface area contributed by atoms with Gasteiger partial charge in [-0.05, 0) is 37.0 Å². The number of hydrogen-bond acceptors (Lipinski definition) is 7. The van der Waals surface area contributed by atoms with Crippen LogP contribution in [0.1, 0.15) is 46.5 Å². The summed E-state index contributed by atoms with van der Waals surface area (Å²) < 4.78 is 54.2. The Morgan fingerprint density at radius 2 is 1.88 bits per heavy atom. The van der Waals surface area contributed by atoms with Gasteiger partial charge in [0.2, 0.25) is 5.91 Å². The molecule has 7 atom stereocenters. The molecular formula is C21H37F4N7O2. The minimum Gasteiger partial charge on any atom is -0.390 e. The van der Waals surface area contributed by atoms with Crippen molar-refractivity contribution in [2.45, 2.75) is 83.2 Å². The molecule has 34 heavy (non-hydrogen) atoms. The number of nitrogens with zero attached hydrogens (tertiary/aromatic N) is 2. The van der Waals surface area contributed by atoms with E-state index in [0.29, 0.717) is 25.8 Å². The zero-order chi connectivity index (χ0) is 25.3. The van der Waals surface area contributed by atoms with Gasteiger partial charge in [0, 0.05) is 26.2 Å².